The lowest BCUT2D eigenvalue weighted by Crippen LogP contribution is -3.14. The molecular weight excluding hydrogens is 340 g/mol. The van der Waals surface area contributed by atoms with E-state index in [0.29, 0.717) is 24.6 Å². The maximum absolute atomic E-state index is 12.7. The number of rotatable bonds is 6. The molecule has 4 bridgehead atoms. The van der Waals surface area contributed by atoms with Crippen LogP contribution >= 0.6 is 0 Å². The molecule has 5 aliphatic rings. The topological polar surface area (TPSA) is 59.8 Å². The molecule has 1 aliphatic heterocycles. The van der Waals surface area contributed by atoms with Crippen LogP contribution in [0.4, 0.5) is 0 Å². The summed E-state index contributed by atoms with van der Waals surface area (Å²) in [6.07, 6.45) is 10.0. The zero-order valence-corrected chi connectivity index (χ0v) is 17.1. The highest BCUT2D eigenvalue weighted by Crippen LogP contribution is 2.61. The lowest BCUT2D eigenvalue weighted by molar-refractivity contribution is -0.897. The minimum absolute atomic E-state index is 0.0303. The fourth-order valence-corrected chi connectivity index (χ4v) is 7.08. The Labute approximate surface area is 163 Å². The van der Waals surface area contributed by atoms with E-state index in [0.717, 1.165) is 43.7 Å². The molecule has 0 radical (unpaired) electrons. The number of hydrogen-bond acceptors (Lipinski definition) is 3. The molecule has 4 saturated carbocycles. The summed E-state index contributed by atoms with van der Waals surface area (Å²) in [6.45, 7) is 6.90. The summed E-state index contributed by atoms with van der Waals surface area (Å²) in [4.78, 5) is 25.9. The summed E-state index contributed by atoms with van der Waals surface area (Å²) < 4.78 is 5.14. The summed E-state index contributed by atoms with van der Waals surface area (Å²) in [6, 6.07) is 0.301. The van der Waals surface area contributed by atoms with Crippen LogP contribution in [0.3, 0.4) is 0 Å². The average Bonchev–Trinajstić information content (AvgIpc) is 2.61. The van der Waals surface area contributed by atoms with Crippen molar-refractivity contribution in [2.24, 2.45) is 29.1 Å². The molecule has 0 spiro atoms. The van der Waals surface area contributed by atoms with Gasteiger partial charge in [0.25, 0.3) is 5.91 Å². The second-order valence-corrected chi connectivity index (χ2v) is 10.0. The zero-order valence-electron chi connectivity index (χ0n) is 17.1. The molecule has 1 atom stereocenters. The highest BCUT2D eigenvalue weighted by atomic mass is 16.5. The molecule has 0 unspecified atom stereocenters. The highest BCUT2D eigenvalue weighted by Gasteiger charge is 2.53. The predicted octanol–water partition coefficient (Wildman–Crippen LogP) is 1.57. The van der Waals surface area contributed by atoms with Crippen LogP contribution in [0.15, 0.2) is 0 Å². The van der Waals surface area contributed by atoms with Gasteiger partial charge in [0, 0.05) is 18.9 Å². The third-order valence-corrected chi connectivity index (χ3v) is 8.10. The number of likely N-dealkylation sites (tertiary alicyclic amines) is 1. The first kappa shape index (κ1) is 19.2. The molecule has 5 fully saturated rings. The van der Waals surface area contributed by atoms with Crippen molar-refractivity contribution in [3.63, 3.8) is 0 Å². The summed E-state index contributed by atoms with van der Waals surface area (Å²) >= 11 is 0. The lowest BCUT2D eigenvalue weighted by Gasteiger charge is -2.59. The molecule has 5 rings (SSSR count). The Hall–Kier alpha value is -1.10. The number of quaternary nitrogens is 1. The first-order valence-electron chi connectivity index (χ1n) is 11.3. The molecule has 1 saturated heterocycles. The van der Waals surface area contributed by atoms with Crippen molar-refractivity contribution in [3.8, 4) is 0 Å². The number of nitrogens with one attached hydrogen (secondary N) is 2. The number of piperidine rings is 1. The first-order chi connectivity index (χ1) is 13.0. The van der Waals surface area contributed by atoms with Gasteiger partial charge in [-0.2, -0.15) is 0 Å². The van der Waals surface area contributed by atoms with Crippen molar-refractivity contribution in [1.29, 1.82) is 0 Å². The second kappa shape index (κ2) is 7.73. The van der Waals surface area contributed by atoms with Crippen LogP contribution < -0.4 is 10.2 Å². The normalized spacial score (nSPS) is 41.2. The molecule has 4 aliphatic carbocycles. The van der Waals surface area contributed by atoms with E-state index in [1.54, 1.807) is 0 Å². The molecule has 2 N–H and O–H groups in total. The van der Waals surface area contributed by atoms with E-state index in [4.69, 9.17) is 4.74 Å². The zero-order chi connectivity index (χ0) is 19.0. The van der Waals surface area contributed by atoms with E-state index in [1.807, 2.05) is 6.92 Å². The smallest absolute Gasteiger partial charge is 0.309 e. The summed E-state index contributed by atoms with van der Waals surface area (Å²) in [7, 11) is 0. The summed E-state index contributed by atoms with van der Waals surface area (Å²) in [5.41, 5.74) is 0.372. The number of amides is 1. The monoisotopic (exact) mass is 377 g/mol. The molecule has 152 valence electrons. The van der Waals surface area contributed by atoms with Gasteiger partial charge in [0.1, 0.15) is 0 Å². The van der Waals surface area contributed by atoms with Crippen molar-refractivity contribution >= 4 is 11.9 Å². The Kier molecular flexibility index (Phi) is 5.50. The van der Waals surface area contributed by atoms with Gasteiger partial charge >= 0.3 is 5.97 Å². The van der Waals surface area contributed by atoms with Gasteiger partial charge in [-0.05, 0) is 75.5 Å². The Balaban J connectivity index is 1.25. The molecule has 27 heavy (non-hydrogen) atoms. The minimum Gasteiger partial charge on any atom is -0.466 e. The van der Waals surface area contributed by atoms with E-state index in [1.165, 1.54) is 43.4 Å². The fourth-order valence-electron chi connectivity index (χ4n) is 7.08. The van der Waals surface area contributed by atoms with E-state index in [9.17, 15) is 9.59 Å². The van der Waals surface area contributed by atoms with Gasteiger partial charge < -0.3 is 15.0 Å². The Morgan fingerprint density at radius 1 is 1.07 bits per heavy atom. The van der Waals surface area contributed by atoms with Gasteiger partial charge in [-0.3, -0.25) is 9.59 Å². The second-order valence-electron chi connectivity index (χ2n) is 10.0. The van der Waals surface area contributed by atoms with E-state index < -0.39 is 0 Å². The van der Waals surface area contributed by atoms with Crippen LogP contribution in [-0.2, 0) is 14.3 Å². The number of hydrogen-bond donors (Lipinski definition) is 2. The van der Waals surface area contributed by atoms with Gasteiger partial charge in [0.2, 0.25) is 0 Å². The Bertz CT molecular complexity index is 533. The van der Waals surface area contributed by atoms with E-state index in [2.05, 4.69) is 12.2 Å². The largest absolute Gasteiger partial charge is 0.466 e. The summed E-state index contributed by atoms with van der Waals surface area (Å²) in [5.74, 6) is 2.93. The molecule has 0 aromatic heterocycles. The third kappa shape index (κ3) is 4.03. The standard InChI is InChI=1S/C22H36N2O3/c1-3-27-21(26)19-4-6-24(7-5-19)14-20(25)23-15(2)22-11-16-8-17(12-22)10-18(9-16)13-22/h15-19H,3-14H2,1-2H3,(H,23,25)/p+1/t15-,16?,17?,18?,22?/m1/s1. The van der Waals surface area contributed by atoms with Gasteiger partial charge in [-0.25, -0.2) is 0 Å². The molecule has 1 heterocycles. The molecule has 0 aromatic carbocycles. The maximum atomic E-state index is 12.7. The number of ether oxygens (including phenoxy) is 1. The minimum atomic E-state index is -0.0589. The van der Waals surface area contributed by atoms with Gasteiger partial charge in [0.15, 0.2) is 6.54 Å². The lowest BCUT2D eigenvalue weighted by atomic mass is 9.48. The van der Waals surface area contributed by atoms with Crippen LogP contribution in [0.1, 0.15) is 65.2 Å². The van der Waals surface area contributed by atoms with Crippen molar-refractivity contribution in [1.82, 2.24) is 5.32 Å². The van der Waals surface area contributed by atoms with Crippen LogP contribution in [0, 0.1) is 29.1 Å². The van der Waals surface area contributed by atoms with Gasteiger partial charge in [-0.1, -0.05) is 0 Å². The average molecular weight is 378 g/mol. The molecule has 1 amide bonds. The molecule has 5 heteroatoms. The summed E-state index contributed by atoms with van der Waals surface area (Å²) in [5, 5.41) is 3.39. The van der Waals surface area contributed by atoms with Gasteiger partial charge in [-0.15, -0.1) is 0 Å². The van der Waals surface area contributed by atoms with Crippen molar-refractivity contribution in [2.75, 3.05) is 26.2 Å². The molecular formula is C22H37N2O3+. The Morgan fingerprint density at radius 2 is 1.63 bits per heavy atom. The van der Waals surface area contributed by atoms with Crippen LogP contribution in [0.2, 0.25) is 0 Å². The Morgan fingerprint density at radius 3 is 2.15 bits per heavy atom. The number of carbonyl (C=O) groups is 2. The van der Waals surface area contributed by atoms with E-state index in [-0.39, 0.29) is 17.8 Å². The predicted molar refractivity (Wildman–Crippen MR) is 103 cm³/mol. The van der Waals surface area contributed by atoms with E-state index >= 15 is 0 Å². The van der Waals surface area contributed by atoms with Crippen molar-refractivity contribution in [3.05, 3.63) is 0 Å². The SMILES string of the molecule is CCOC(=O)C1CC[NH+](CC(=O)N[C@H](C)C23CC4CC(CC(C4)C2)C3)CC1. The maximum Gasteiger partial charge on any atom is 0.309 e. The molecule has 0 aromatic rings. The van der Waals surface area contributed by atoms with Crippen molar-refractivity contribution < 1.29 is 19.2 Å². The van der Waals surface area contributed by atoms with Crippen LogP contribution in [0.5, 0.6) is 0 Å². The quantitative estimate of drug-likeness (QED) is 0.691. The first-order valence-corrected chi connectivity index (χ1v) is 11.3. The number of carbonyl (C=O) groups excluding carboxylic acids is 2. The van der Waals surface area contributed by atoms with Gasteiger partial charge in [0.05, 0.1) is 25.6 Å². The number of esters is 1. The van der Waals surface area contributed by atoms with Crippen LogP contribution in [-0.4, -0.2) is 44.2 Å². The highest BCUT2D eigenvalue weighted by molar-refractivity contribution is 5.77. The van der Waals surface area contributed by atoms with Crippen molar-refractivity contribution in [2.45, 2.75) is 71.3 Å². The van der Waals surface area contributed by atoms with Crippen LogP contribution in [0.25, 0.3) is 0 Å². The molecule has 5 nitrogen and oxygen atoms in total. The third-order valence-electron chi connectivity index (χ3n) is 8.10. The fraction of sp³-hybridized carbons (Fsp3) is 0.909.